The first kappa shape index (κ1) is 24.6. The van der Waals surface area contributed by atoms with Crippen LogP contribution >= 0.6 is 11.6 Å². The van der Waals surface area contributed by atoms with E-state index in [4.69, 9.17) is 16.3 Å². The van der Waals surface area contributed by atoms with Crippen molar-refractivity contribution in [2.24, 2.45) is 0 Å². The van der Waals surface area contributed by atoms with Gasteiger partial charge in [0.2, 0.25) is 10.0 Å². The van der Waals surface area contributed by atoms with E-state index >= 15 is 0 Å². The number of aromatic nitrogens is 1. The number of piperidine rings is 1. The summed E-state index contributed by atoms with van der Waals surface area (Å²) < 4.78 is 35.7. The fraction of sp³-hybridized carbons (Fsp3) is 0.400. The molecule has 0 aliphatic carbocycles. The zero-order valence-electron chi connectivity index (χ0n) is 19.5. The number of sulfonamides is 1. The van der Waals surface area contributed by atoms with Crippen LogP contribution in [0.3, 0.4) is 0 Å². The highest BCUT2D eigenvalue weighted by atomic mass is 35.5. The molecule has 2 aromatic carbocycles. The largest absolute Gasteiger partial charge is 0.491 e. The Labute approximate surface area is 204 Å². The van der Waals surface area contributed by atoms with Crippen LogP contribution in [0.5, 0.6) is 5.75 Å². The molecule has 34 heavy (non-hydrogen) atoms. The monoisotopic (exact) mass is 504 g/mol. The van der Waals surface area contributed by atoms with Gasteiger partial charge in [0.05, 0.1) is 11.0 Å². The van der Waals surface area contributed by atoms with Crippen LogP contribution in [0, 0.1) is 6.92 Å². The molecule has 1 aliphatic rings. The van der Waals surface area contributed by atoms with Gasteiger partial charge in [-0.2, -0.15) is 4.31 Å². The molecule has 182 valence electrons. The Morgan fingerprint density at radius 3 is 2.50 bits per heavy atom. The third kappa shape index (κ3) is 4.94. The molecule has 1 fully saturated rings. The van der Waals surface area contributed by atoms with Crippen LogP contribution in [0.4, 0.5) is 0 Å². The van der Waals surface area contributed by atoms with E-state index in [1.54, 1.807) is 35.8 Å². The van der Waals surface area contributed by atoms with Gasteiger partial charge in [0, 0.05) is 35.2 Å². The first-order chi connectivity index (χ1) is 16.1. The first-order valence-corrected chi connectivity index (χ1v) is 13.2. The average molecular weight is 505 g/mol. The normalized spacial score (nSPS) is 15.8. The molecule has 0 radical (unpaired) electrons. The topological polar surface area (TPSA) is 88.8 Å². The number of benzene rings is 2. The van der Waals surface area contributed by atoms with Crippen LogP contribution in [0.25, 0.3) is 10.9 Å². The van der Waals surface area contributed by atoms with Crippen molar-refractivity contribution in [1.29, 1.82) is 0 Å². The number of nitrogens with zero attached hydrogens (tertiary/aromatic N) is 2. The van der Waals surface area contributed by atoms with E-state index in [-0.39, 0.29) is 18.6 Å². The molecule has 0 atom stereocenters. The van der Waals surface area contributed by atoms with E-state index in [0.717, 1.165) is 16.5 Å². The minimum atomic E-state index is -3.63. The van der Waals surface area contributed by atoms with E-state index in [1.165, 1.54) is 4.31 Å². The van der Waals surface area contributed by atoms with Crippen molar-refractivity contribution < 1.29 is 23.1 Å². The lowest BCUT2D eigenvalue weighted by atomic mass is 9.90. The van der Waals surface area contributed by atoms with Gasteiger partial charge in [-0.1, -0.05) is 11.6 Å². The van der Waals surface area contributed by atoms with E-state index in [0.29, 0.717) is 47.2 Å². The third-order valence-electron chi connectivity index (χ3n) is 6.21. The van der Waals surface area contributed by atoms with Gasteiger partial charge in [0.25, 0.3) is 0 Å². The molecule has 0 unspecified atom stereocenters. The predicted molar refractivity (Wildman–Crippen MR) is 132 cm³/mol. The minimum absolute atomic E-state index is 0.0113. The van der Waals surface area contributed by atoms with Gasteiger partial charge in [0.15, 0.2) is 0 Å². The lowest BCUT2D eigenvalue weighted by Gasteiger charge is -2.31. The summed E-state index contributed by atoms with van der Waals surface area (Å²) in [4.78, 5) is 11.6. The summed E-state index contributed by atoms with van der Waals surface area (Å²) >= 11 is 6.23. The van der Waals surface area contributed by atoms with Gasteiger partial charge in [-0.05, 0) is 87.1 Å². The molecule has 0 amide bonds. The fourth-order valence-electron chi connectivity index (χ4n) is 4.70. The second kappa shape index (κ2) is 9.60. The lowest BCUT2D eigenvalue weighted by Crippen LogP contribution is -2.38. The average Bonchev–Trinajstić information content (AvgIpc) is 3.10. The summed E-state index contributed by atoms with van der Waals surface area (Å²) in [5.41, 5.74) is 2.49. The van der Waals surface area contributed by atoms with Crippen LogP contribution in [0.15, 0.2) is 47.5 Å². The van der Waals surface area contributed by atoms with Crippen LogP contribution < -0.4 is 4.74 Å². The zero-order chi connectivity index (χ0) is 24.6. The Bertz CT molecular complexity index is 1320. The molecule has 9 heteroatoms. The smallest absolute Gasteiger partial charge is 0.323 e. The number of carbonyl (C=O) groups is 1. The van der Waals surface area contributed by atoms with Crippen molar-refractivity contribution in [3.05, 3.63) is 58.7 Å². The number of fused-ring (bicyclic) bond motifs is 1. The Morgan fingerprint density at radius 2 is 1.88 bits per heavy atom. The number of carboxylic acid groups (broad SMARTS) is 1. The molecule has 2 heterocycles. The molecular formula is C25H29ClN2O5S. The van der Waals surface area contributed by atoms with Gasteiger partial charge in [-0.3, -0.25) is 4.79 Å². The van der Waals surface area contributed by atoms with E-state index < -0.39 is 16.0 Å². The molecule has 7 nitrogen and oxygen atoms in total. The van der Waals surface area contributed by atoms with E-state index in [2.05, 4.69) is 0 Å². The Morgan fingerprint density at radius 1 is 1.18 bits per heavy atom. The standard InChI is InChI=1S/C25H29ClN2O5S/c1-16(2)33-20-5-7-24(17(3)12-20)34(31,32)28-10-8-18(9-11-28)22-14-27(15-25(29)30)23-6-4-19(26)13-21(22)23/h4-7,12-14,16,18H,8-11,15H2,1-3H3,(H,29,30). The predicted octanol–water partition coefficient (Wildman–Crippen LogP) is 5.04. The summed E-state index contributed by atoms with van der Waals surface area (Å²) in [6.07, 6.45) is 3.18. The SMILES string of the molecule is Cc1cc(OC(C)C)ccc1S(=O)(=O)N1CCC(c2cn(CC(=O)O)c3ccc(Cl)cc23)CC1. The maximum Gasteiger partial charge on any atom is 0.323 e. The van der Waals surface area contributed by atoms with Crippen molar-refractivity contribution in [1.82, 2.24) is 8.87 Å². The molecule has 1 aliphatic heterocycles. The summed E-state index contributed by atoms with van der Waals surface area (Å²) in [6, 6.07) is 10.5. The first-order valence-electron chi connectivity index (χ1n) is 11.3. The summed E-state index contributed by atoms with van der Waals surface area (Å²) in [5, 5.41) is 10.8. The number of carboxylic acids is 1. The molecule has 1 aromatic heterocycles. The number of aryl methyl sites for hydroxylation is 1. The minimum Gasteiger partial charge on any atom is -0.491 e. The van der Waals surface area contributed by atoms with Crippen LogP contribution in [0.1, 0.15) is 43.7 Å². The molecular weight excluding hydrogens is 476 g/mol. The van der Waals surface area contributed by atoms with Gasteiger partial charge in [-0.15, -0.1) is 0 Å². The molecule has 3 aromatic rings. The van der Waals surface area contributed by atoms with Gasteiger partial charge in [0.1, 0.15) is 12.3 Å². The van der Waals surface area contributed by atoms with Crippen molar-refractivity contribution in [3.8, 4) is 5.75 Å². The number of rotatable bonds is 7. The Balaban J connectivity index is 1.55. The molecule has 4 rings (SSSR count). The van der Waals surface area contributed by atoms with Crippen LogP contribution in [0.2, 0.25) is 5.02 Å². The van der Waals surface area contributed by atoms with Crippen molar-refractivity contribution in [3.63, 3.8) is 0 Å². The second-order valence-corrected chi connectivity index (χ2v) is 11.4. The van der Waals surface area contributed by atoms with E-state index in [9.17, 15) is 18.3 Å². The number of hydrogen-bond acceptors (Lipinski definition) is 4. The molecule has 1 N–H and O–H groups in total. The molecule has 0 saturated carbocycles. The highest BCUT2D eigenvalue weighted by Crippen LogP contribution is 2.37. The van der Waals surface area contributed by atoms with Crippen LogP contribution in [-0.2, 0) is 21.4 Å². The lowest BCUT2D eigenvalue weighted by molar-refractivity contribution is -0.137. The highest BCUT2D eigenvalue weighted by Gasteiger charge is 2.32. The molecule has 0 spiro atoms. The summed E-state index contributed by atoms with van der Waals surface area (Å²) in [5.74, 6) is -0.147. The van der Waals surface area contributed by atoms with E-state index in [1.807, 2.05) is 32.2 Å². The summed E-state index contributed by atoms with van der Waals surface area (Å²) in [6.45, 7) is 6.29. The third-order valence-corrected chi connectivity index (χ3v) is 8.50. The molecule has 0 bridgehead atoms. The number of ether oxygens (including phenoxy) is 1. The van der Waals surface area contributed by atoms with Crippen LogP contribution in [-0.4, -0.2) is 47.6 Å². The quantitative estimate of drug-likeness (QED) is 0.486. The second-order valence-electron chi connectivity index (χ2n) is 9.04. The van der Waals surface area contributed by atoms with Crippen molar-refractivity contribution in [2.45, 2.75) is 57.1 Å². The maximum absolute atomic E-state index is 13.4. The fourth-order valence-corrected chi connectivity index (χ4v) is 6.55. The maximum atomic E-state index is 13.4. The summed E-state index contributed by atoms with van der Waals surface area (Å²) in [7, 11) is -3.63. The van der Waals surface area contributed by atoms with Gasteiger partial charge < -0.3 is 14.4 Å². The van der Waals surface area contributed by atoms with Gasteiger partial charge >= 0.3 is 5.97 Å². The highest BCUT2D eigenvalue weighted by molar-refractivity contribution is 7.89. The van der Waals surface area contributed by atoms with Gasteiger partial charge in [-0.25, -0.2) is 8.42 Å². The zero-order valence-corrected chi connectivity index (χ0v) is 21.1. The molecule has 1 saturated heterocycles. The Kier molecular flexibility index (Phi) is 6.94. The number of aliphatic carboxylic acids is 1. The number of halogens is 1. The number of hydrogen-bond donors (Lipinski definition) is 1. The Hall–Kier alpha value is -2.55. The van der Waals surface area contributed by atoms with Crippen molar-refractivity contribution >= 4 is 38.5 Å². The van der Waals surface area contributed by atoms with Crippen molar-refractivity contribution in [2.75, 3.05) is 13.1 Å².